The van der Waals surface area contributed by atoms with Crippen LogP contribution in [-0.2, 0) is 4.74 Å². The molecule has 0 aromatic rings. The highest BCUT2D eigenvalue weighted by atomic mass is 16.6. The molecule has 84 valence electrons. The van der Waals surface area contributed by atoms with E-state index in [1.54, 1.807) is 41.5 Å². The van der Waals surface area contributed by atoms with Crippen molar-refractivity contribution in [1.29, 1.82) is 0 Å². The van der Waals surface area contributed by atoms with Crippen LogP contribution in [0.25, 0.3) is 0 Å². The molecular weight excluding hydrogens is 182 g/mol. The Morgan fingerprint density at radius 2 is 1.71 bits per heavy atom. The zero-order chi connectivity index (χ0) is 11.6. The lowest BCUT2D eigenvalue weighted by molar-refractivity contribution is 0.0331. The third-order valence-electron chi connectivity index (χ3n) is 1.87. The lowest BCUT2D eigenvalue weighted by atomic mass is 9.99. The maximum atomic E-state index is 11.3. The highest BCUT2D eigenvalue weighted by Crippen LogP contribution is 2.11. The first-order chi connectivity index (χ1) is 6.04. The van der Waals surface area contributed by atoms with Gasteiger partial charge in [-0.15, -0.1) is 0 Å². The van der Waals surface area contributed by atoms with Gasteiger partial charge in [-0.3, -0.25) is 0 Å². The molecule has 14 heavy (non-hydrogen) atoms. The zero-order valence-corrected chi connectivity index (χ0v) is 9.84. The first-order valence-corrected chi connectivity index (χ1v) is 4.74. The van der Waals surface area contributed by atoms with Crippen molar-refractivity contribution in [2.24, 2.45) is 0 Å². The van der Waals surface area contributed by atoms with Crippen LogP contribution in [0.5, 0.6) is 0 Å². The molecular formula is C10H21NO3. The van der Waals surface area contributed by atoms with Gasteiger partial charge in [0, 0.05) is 0 Å². The topological polar surface area (TPSA) is 58.6 Å². The number of aliphatic hydroxyl groups excluding tert-OH is 1. The average Bonchev–Trinajstić information content (AvgIpc) is 1.79. The molecule has 0 saturated carbocycles. The highest BCUT2D eigenvalue weighted by Gasteiger charge is 2.28. The molecule has 1 amide bonds. The molecule has 0 bridgehead atoms. The van der Waals surface area contributed by atoms with E-state index < -0.39 is 23.3 Å². The second-order valence-electron chi connectivity index (χ2n) is 5.02. The number of carbonyl (C=O) groups excluding carboxylic acids is 1. The van der Waals surface area contributed by atoms with Crippen molar-refractivity contribution in [2.45, 2.75) is 58.8 Å². The van der Waals surface area contributed by atoms with Gasteiger partial charge < -0.3 is 15.2 Å². The number of ether oxygens (including phenoxy) is 1. The van der Waals surface area contributed by atoms with Crippen LogP contribution < -0.4 is 5.32 Å². The van der Waals surface area contributed by atoms with Crippen LogP contribution >= 0.6 is 0 Å². The molecule has 0 aliphatic heterocycles. The molecule has 0 unspecified atom stereocenters. The molecule has 0 radical (unpaired) electrons. The fourth-order valence-electron chi connectivity index (χ4n) is 0.671. The van der Waals surface area contributed by atoms with Gasteiger partial charge in [-0.25, -0.2) is 4.79 Å². The Morgan fingerprint density at radius 3 is 2.00 bits per heavy atom. The minimum atomic E-state index is -0.678. The molecule has 0 saturated heterocycles. The maximum Gasteiger partial charge on any atom is 0.408 e. The third kappa shape index (κ3) is 5.07. The average molecular weight is 203 g/mol. The highest BCUT2D eigenvalue weighted by molar-refractivity contribution is 5.68. The number of aliphatic hydroxyl groups is 1. The SMILES string of the molecule is C[C@H](O)C(C)(C)NC(=O)OC(C)(C)C. The van der Waals surface area contributed by atoms with Gasteiger partial charge in [0.1, 0.15) is 5.60 Å². The van der Waals surface area contributed by atoms with Crippen molar-refractivity contribution in [1.82, 2.24) is 5.32 Å². The van der Waals surface area contributed by atoms with Crippen LogP contribution in [0.3, 0.4) is 0 Å². The van der Waals surface area contributed by atoms with E-state index >= 15 is 0 Å². The summed E-state index contributed by atoms with van der Waals surface area (Å²) in [5.41, 5.74) is -1.19. The van der Waals surface area contributed by atoms with Crippen molar-refractivity contribution >= 4 is 6.09 Å². The summed E-state index contributed by atoms with van der Waals surface area (Å²) in [5.74, 6) is 0. The fourth-order valence-corrected chi connectivity index (χ4v) is 0.671. The lowest BCUT2D eigenvalue weighted by Gasteiger charge is -2.30. The van der Waals surface area contributed by atoms with Gasteiger partial charge in [0.15, 0.2) is 0 Å². The van der Waals surface area contributed by atoms with E-state index in [1.807, 2.05) is 0 Å². The summed E-state index contributed by atoms with van der Waals surface area (Å²) in [7, 11) is 0. The second-order valence-corrected chi connectivity index (χ2v) is 5.02. The van der Waals surface area contributed by atoms with Crippen molar-refractivity contribution in [3.8, 4) is 0 Å². The number of hydrogen-bond donors (Lipinski definition) is 2. The Kier molecular flexibility index (Phi) is 3.94. The van der Waals surface area contributed by atoms with E-state index in [0.29, 0.717) is 0 Å². The zero-order valence-electron chi connectivity index (χ0n) is 9.84. The predicted molar refractivity (Wildman–Crippen MR) is 55.1 cm³/mol. The van der Waals surface area contributed by atoms with Gasteiger partial charge in [-0.1, -0.05) is 0 Å². The van der Waals surface area contributed by atoms with E-state index in [-0.39, 0.29) is 0 Å². The summed E-state index contributed by atoms with van der Waals surface area (Å²) in [6, 6.07) is 0. The molecule has 0 rings (SSSR count). The molecule has 2 N–H and O–H groups in total. The van der Waals surface area contributed by atoms with Crippen LogP contribution in [-0.4, -0.2) is 28.4 Å². The minimum absolute atomic E-state index is 0.511. The number of hydrogen-bond acceptors (Lipinski definition) is 3. The van der Waals surface area contributed by atoms with Gasteiger partial charge >= 0.3 is 6.09 Å². The molecule has 0 spiro atoms. The summed E-state index contributed by atoms with van der Waals surface area (Å²) < 4.78 is 5.06. The van der Waals surface area contributed by atoms with Crippen LogP contribution in [0.4, 0.5) is 4.79 Å². The van der Waals surface area contributed by atoms with Gasteiger partial charge in [0.25, 0.3) is 0 Å². The first kappa shape index (κ1) is 13.2. The molecule has 0 aliphatic rings. The number of rotatable bonds is 2. The normalized spacial score (nSPS) is 14.8. The number of amides is 1. The number of nitrogens with one attached hydrogen (secondary N) is 1. The van der Waals surface area contributed by atoms with Crippen LogP contribution in [0.15, 0.2) is 0 Å². The van der Waals surface area contributed by atoms with E-state index in [0.717, 1.165) is 0 Å². The minimum Gasteiger partial charge on any atom is -0.444 e. The van der Waals surface area contributed by atoms with E-state index in [1.165, 1.54) is 0 Å². The molecule has 0 heterocycles. The number of alkyl carbamates (subject to hydrolysis) is 1. The molecule has 0 aromatic carbocycles. The molecule has 4 heteroatoms. The second kappa shape index (κ2) is 4.17. The Hall–Kier alpha value is -0.770. The molecule has 1 atom stereocenters. The Morgan fingerprint density at radius 1 is 1.29 bits per heavy atom. The monoisotopic (exact) mass is 203 g/mol. The van der Waals surface area contributed by atoms with E-state index in [4.69, 9.17) is 4.74 Å². The van der Waals surface area contributed by atoms with E-state index in [2.05, 4.69) is 5.32 Å². The largest absolute Gasteiger partial charge is 0.444 e. The summed E-state index contributed by atoms with van der Waals surface area (Å²) in [6.45, 7) is 10.5. The first-order valence-electron chi connectivity index (χ1n) is 4.74. The van der Waals surface area contributed by atoms with Crippen LogP contribution in [0.2, 0.25) is 0 Å². The van der Waals surface area contributed by atoms with Crippen molar-refractivity contribution in [2.75, 3.05) is 0 Å². The van der Waals surface area contributed by atoms with Gasteiger partial charge in [0.05, 0.1) is 11.6 Å². The number of carbonyl (C=O) groups is 1. The molecule has 0 aromatic heterocycles. The third-order valence-corrected chi connectivity index (χ3v) is 1.87. The van der Waals surface area contributed by atoms with Gasteiger partial charge in [-0.05, 0) is 41.5 Å². The maximum absolute atomic E-state index is 11.3. The van der Waals surface area contributed by atoms with Crippen LogP contribution in [0.1, 0.15) is 41.5 Å². The van der Waals surface area contributed by atoms with Gasteiger partial charge in [-0.2, -0.15) is 0 Å². The Labute approximate surface area is 85.6 Å². The summed E-state index contributed by atoms with van der Waals surface area (Å²) in [5, 5.41) is 12.0. The Balaban J connectivity index is 4.20. The van der Waals surface area contributed by atoms with Crippen molar-refractivity contribution in [3.63, 3.8) is 0 Å². The van der Waals surface area contributed by atoms with Crippen LogP contribution in [0, 0.1) is 0 Å². The van der Waals surface area contributed by atoms with E-state index in [9.17, 15) is 9.90 Å². The quantitative estimate of drug-likeness (QED) is 0.717. The summed E-state index contributed by atoms with van der Waals surface area (Å²) in [4.78, 5) is 11.3. The van der Waals surface area contributed by atoms with Crippen molar-refractivity contribution in [3.05, 3.63) is 0 Å². The summed E-state index contributed by atoms with van der Waals surface area (Å²) >= 11 is 0. The molecule has 0 aliphatic carbocycles. The van der Waals surface area contributed by atoms with Gasteiger partial charge in [0.2, 0.25) is 0 Å². The molecule has 4 nitrogen and oxygen atoms in total. The fraction of sp³-hybridized carbons (Fsp3) is 0.900. The lowest BCUT2D eigenvalue weighted by Crippen LogP contribution is -2.52. The standard InChI is InChI=1S/C10H21NO3/c1-7(12)10(5,6)11-8(13)14-9(2,3)4/h7,12H,1-6H3,(H,11,13)/t7-/m0/s1. The Bertz CT molecular complexity index is 204. The summed E-state index contributed by atoms with van der Waals surface area (Å²) in [6.07, 6.45) is -1.14. The van der Waals surface area contributed by atoms with Crippen molar-refractivity contribution < 1.29 is 14.6 Å². The smallest absolute Gasteiger partial charge is 0.408 e. The predicted octanol–water partition coefficient (Wildman–Crippen LogP) is 1.67. The molecule has 0 fully saturated rings.